The molecule has 6 aromatic rings. The molecule has 6 aromatic carbocycles. The van der Waals surface area contributed by atoms with Crippen molar-refractivity contribution in [3.05, 3.63) is 169 Å². The number of halogens is 1. The molecule has 0 radical (unpaired) electrons. The first-order valence-electron chi connectivity index (χ1n) is 21.1. The SMILES string of the molecule is CC(C)(C)CNc1ccc(-c2ccc(NCC(C)(C)C)cc2N(CCCCCC[P+](c2ccccc2)(c2ccccc2)c2ccccc2)Cc2ccccc2)cc1.[Br-]. The quantitative estimate of drug-likeness (QED) is 0.0667. The first-order valence-corrected chi connectivity index (χ1v) is 23.0. The van der Waals surface area contributed by atoms with E-state index in [-0.39, 0.29) is 27.8 Å². The molecule has 5 heteroatoms. The predicted octanol–water partition coefficient (Wildman–Crippen LogP) is 9.83. The maximum atomic E-state index is 3.77. The highest BCUT2D eigenvalue weighted by Crippen LogP contribution is 2.56. The first-order chi connectivity index (χ1) is 27.5. The lowest BCUT2D eigenvalue weighted by Gasteiger charge is -2.29. The number of hydrogen-bond acceptors (Lipinski definition) is 3. The van der Waals surface area contributed by atoms with Crippen molar-refractivity contribution in [2.24, 2.45) is 10.8 Å². The second-order valence-corrected chi connectivity index (χ2v) is 21.6. The van der Waals surface area contributed by atoms with E-state index in [0.717, 1.165) is 38.3 Å². The molecule has 0 unspecified atom stereocenters. The Morgan fingerprint density at radius 2 is 0.931 bits per heavy atom. The molecule has 0 aliphatic carbocycles. The van der Waals surface area contributed by atoms with E-state index in [1.54, 1.807) is 0 Å². The molecule has 0 aromatic heterocycles. The molecule has 0 heterocycles. The Bertz CT molecular complexity index is 1980. The summed E-state index contributed by atoms with van der Waals surface area (Å²) in [6.07, 6.45) is 5.89. The van der Waals surface area contributed by atoms with Gasteiger partial charge < -0.3 is 32.5 Å². The molecule has 6 rings (SSSR count). The molecule has 0 aliphatic heterocycles. The smallest absolute Gasteiger partial charge is 0.112 e. The van der Waals surface area contributed by atoms with E-state index in [2.05, 4.69) is 221 Å². The molecule has 304 valence electrons. The third kappa shape index (κ3) is 12.6. The number of nitrogens with one attached hydrogen (secondary N) is 2. The minimum Gasteiger partial charge on any atom is -1.00 e. The number of hydrogen-bond donors (Lipinski definition) is 2. The second-order valence-electron chi connectivity index (χ2n) is 18.0. The molecule has 0 atom stereocenters. The zero-order valence-corrected chi connectivity index (χ0v) is 38.2. The topological polar surface area (TPSA) is 27.3 Å². The van der Waals surface area contributed by atoms with Gasteiger partial charge in [0.25, 0.3) is 0 Å². The van der Waals surface area contributed by atoms with Crippen LogP contribution in [0.4, 0.5) is 17.1 Å². The molecule has 0 aliphatic rings. The van der Waals surface area contributed by atoms with Crippen LogP contribution in [0.3, 0.4) is 0 Å². The molecule has 0 saturated heterocycles. The summed E-state index contributed by atoms with van der Waals surface area (Å²) >= 11 is 0. The summed E-state index contributed by atoms with van der Waals surface area (Å²) in [6.45, 7) is 17.4. The number of nitrogens with zero attached hydrogens (tertiary/aromatic N) is 1. The minimum atomic E-state index is -1.82. The lowest BCUT2D eigenvalue weighted by atomic mass is 9.96. The zero-order chi connectivity index (χ0) is 40.1. The summed E-state index contributed by atoms with van der Waals surface area (Å²) in [5, 5.41) is 11.8. The number of benzene rings is 6. The third-order valence-electron chi connectivity index (χ3n) is 10.7. The lowest BCUT2D eigenvalue weighted by Crippen LogP contribution is -3.00. The fraction of sp³-hybridized carbons (Fsp3) is 0.321. The van der Waals surface area contributed by atoms with Crippen LogP contribution in [0.15, 0.2) is 164 Å². The lowest BCUT2D eigenvalue weighted by molar-refractivity contribution is -0.0000125. The van der Waals surface area contributed by atoms with Crippen LogP contribution in [-0.4, -0.2) is 25.8 Å². The Morgan fingerprint density at radius 3 is 1.43 bits per heavy atom. The maximum absolute atomic E-state index is 3.77. The molecule has 2 N–H and O–H groups in total. The highest BCUT2D eigenvalue weighted by atomic mass is 79.9. The van der Waals surface area contributed by atoms with Crippen LogP contribution in [0.25, 0.3) is 11.1 Å². The maximum Gasteiger partial charge on any atom is 0.112 e. The molecular weight excluding hydrogens is 789 g/mol. The van der Waals surface area contributed by atoms with Crippen molar-refractivity contribution >= 4 is 40.2 Å². The summed E-state index contributed by atoms with van der Waals surface area (Å²) in [6, 6.07) is 61.0. The van der Waals surface area contributed by atoms with Gasteiger partial charge >= 0.3 is 0 Å². The summed E-state index contributed by atoms with van der Waals surface area (Å²) < 4.78 is 0. The van der Waals surface area contributed by atoms with Gasteiger partial charge in [0.2, 0.25) is 0 Å². The van der Waals surface area contributed by atoms with E-state index < -0.39 is 7.26 Å². The molecule has 0 bridgehead atoms. The fourth-order valence-electron chi connectivity index (χ4n) is 7.63. The van der Waals surface area contributed by atoms with Crippen molar-refractivity contribution in [1.29, 1.82) is 0 Å². The van der Waals surface area contributed by atoms with Gasteiger partial charge in [-0.3, -0.25) is 0 Å². The van der Waals surface area contributed by atoms with Crippen LogP contribution in [0.1, 0.15) is 72.8 Å². The van der Waals surface area contributed by atoms with E-state index in [1.165, 1.54) is 69.4 Å². The van der Waals surface area contributed by atoms with Crippen molar-refractivity contribution < 1.29 is 17.0 Å². The van der Waals surface area contributed by atoms with Crippen molar-refractivity contribution in [3.63, 3.8) is 0 Å². The van der Waals surface area contributed by atoms with Crippen LogP contribution in [-0.2, 0) is 6.54 Å². The van der Waals surface area contributed by atoms with E-state index in [1.807, 2.05) is 0 Å². The summed E-state index contributed by atoms with van der Waals surface area (Å²) in [7, 11) is -1.82. The van der Waals surface area contributed by atoms with Gasteiger partial charge in [-0.2, -0.15) is 0 Å². The standard InChI is InChI=1S/C53H65N3P.BrH/c1-52(2,3)41-54-45-33-31-44(32-34-45)50-36-35-46(55-42-53(4,5)6)39-51(50)56(40-43-23-13-9-14-24-43)37-21-7-8-22-38-57(47-25-15-10-16-26-47,48-27-17-11-18-28-48)49-29-19-12-20-30-49;/h9-20,23-36,39,54-55H,7-8,21-22,37-38,40-42H2,1-6H3;1H/q+1;/p-1. The average Bonchev–Trinajstić information content (AvgIpc) is 3.22. The van der Waals surface area contributed by atoms with Crippen molar-refractivity contribution in [2.45, 2.75) is 73.8 Å². The van der Waals surface area contributed by atoms with Crippen LogP contribution < -0.4 is 48.4 Å². The number of anilines is 3. The minimum absolute atomic E-state index is 0. The van der Waals surface area contributed by atoms with Gasteiger partial charge in [0.1, 0.15) is 23.2 Å². The Balaban J connectivity index is 0.00000641. The Kier molecular flexibility index (Phi) is 16.2. The largest absolute Gasteiger partial charge is 1.00 e. The van der Waals surface area contributed by atoms with E-state index >= 15 is 0 Å². The number of unbranched alkanes of at least 4 members (excludes halogenated alkanes) is 3. The summed E-state index contributed by atoms with van der Waals surface area (Å²) in [4.78, 5) is 2.63. The normalized spacial score (nSPS) is 11.8. The van der Waals surface area contributed by atoms with Crippen LogP contribution in [0.2, 0.25) is 0 Å². The van der Waals surface area contributed by atoms with Crippen LogP contribution >= 0.6 is 7.26 Å². The van der Waals surface area contributed by atoms with Crippen molar-refractivity contribution in [3.8, 4) is 11.1 Å². The van der Waals surface area contributed by atoms with Crippen molar-refractivity contribution in [2.75, 3.05) is 41.3 Å². The summed E-state index contributed by atoms with van der Waals surface area (Å²) in [5.74, 6) is 0. The Labute approximate surface area is 361 Å². The van der Waals surface area contributed by atoms with Gasteiger partial charge in [0.05, 0.1) is 6.16 Å². The molecule has 3 nitrogen and oxygen atoms in total. The molecular formula is C53H65BrN3P. The molecule has 0 saturated carbocycles. The van der Waals surface area contributed by atoms with Gasteiger partial charge in [0.15, 0.2) is 0 Å². The third-order valence-corrected chi connectivity index (χ3v) is 15.2. The monoisotopic (exact) mass is 853 g/mol. The van der Waals surface area contributed by atoms with Gasteiger partial charge in [-0.05, 0) is 102 Å². The summed E-state index contributed by atoms with van der Waals surface area (Å²) in [5.41, 5.74) is 7.88. The van der Waals surface area contributed by atoms with Crippen LogP contribution in [0, 0.1) is 10.8 Å². The van der Waals surface area contributed by atoms with E-state index in [4.69, 9.17) is 0 Å². The second kappa shape index (κ2) is 21.1. The highest BCUT2D eigenvalue weighted by Gasteiger charge is 2.44. The molecule has 0 spiro atoms. The van der Waals surface area contributed by atoms with Gasteiger partial charge in [-0.25, -0.2) is 0 Å². The Morgan fingerprint density at radius 1 is 0.483 bits per heavy atom. The van der Waals surface area contributed by atoms with Gasteiger partial charge in [-0.1, -0.05) is 151 Å². The van der Waals surface area contributed by atoms with Gasteiger partial charge in [-0.15, -0.1) is 0 Å². The first kappa shape index (κ1) is 44.7. The van der Waals surface area contributed by atoms with Crippen molar-refractivity contribution in [1.82, 2.24) is 0 Å². The fourth-order valence-corrected chi connectivity index (χ4v) is 12.0. The number of rotatable bonds is 18. The molecule has 58 heavy (non-hydrogen) atoms. The molecule has 0 amide bonds. The van der Waals surface area contributed by atoms with Crippen LogP contribution in [0.5, 0.6) is 0 Å². The zero-order valence-electron chi connectivity index (χ0n) is 35.7. The van der Waals surface area contributed by atoms with E-state index in [9.17, 15) is 0 Å². The van der Waals surface area contributed by atoms with Gasteiger partial charge in [0, 0.05) is 48.8 Å². The average molecular weight is 855 g/mol. The molecule has 0 fully saturated rings. The Hall–Kier alpha value is -4.37. The van der Waals surface area contributed by atoms with E-state index in [0.29, 0.717) is 0 Å². The predicted molar refractivity (Wildman–Crippen MR) is 254 cm³/mol. The highest BCUT2D eigenvalue weighted by molar-refractivity contribution is 7.95.